The minimum absolute atomic E-state index is 0.00367. The summed E-state index contributed by atoms with van der Waals surface area (Å²) in [6.07, 6.45) is 0.334. The predicted molar refractivity (Wildman–Crippen MR) is 94.4 cm³/mol. The van der Waals surface area contributed by atoms with E-state index in [1.165, 1.54) is 6.92 Å². The van der Waals surface area contributed by atoms with E-state index in [0.717, 1.165) is 11.3 Å². The number of anilines is 2. The monoisotopic (exact) mass is 330 g/mol. The fourth-order valence-corrected chi connectivity index (χ4v) is 2.30. The van der Waals surface area contributed by atoms with Crippen LogP contribution in [0.15, 0.2) is 42.5 Å². The molecule has 0 aliphatic rings. The molecule has 0 fully saturated rings. The van der Waals surface area contributed by atoms with Crippen molar-refractivity contribution in [2.24, 2.45) is 0 Å². The van der Waals surface area contributed by atoms with E-state index in [2.05, 4.69) is 10.6 Å². The molecule has 2 N–H and O–H groups in total. The van der Waals surface area contributed by atoms with Crippen molar-refractivity contribution in [2.45, 2.75) is 20.3 Å². The molecule has 0 radical (unpaired) electrons. The molecule has 0 unspecified atom stereocenters. The van der Waals surface area contributed by atoms with Crippen LogP contribution >= 0.6 is 11.6 Å². The summed E-state index contributed by atoms with van der Waals surface area (Å²) in [4.78, 5) is 23.1. The Kier molecular flexibility index (Phi) is 5.77. The average Bonchev–Trinajstić information content (AvgIpc) is 2.52. The summed E-state index contributed by atoms with van der Waals surface area (Å²) in [6, 6.07) is 12.5. The molecular weight excluding hydrogens is 312 g/mol. The van der Waals surface area contributed by atoms with Gasteiger partial charge in [0.25, 0.3) is 0 Å². The quantitative estimate of drug-likeness (QED) is 0.777. The maximum atomic E-state index is 11.9. The van der Waals surface area contributed by atoms with Crippen LogP contribution in [0.4, 0.5) is 11.4 Å². The first kappa shape index (κ1) is 17.0. The van der Waals surface area contributed by atoms with Crippen LogP contribution in [0.3, 0.4) is 0 Å². The highest BCUT2D eigenvalue weighted by atomic mass is 35.5. The molecule has 0 atom stereocenters. The minimum Gasteiger partial charge on any atom is -0.384 e. The number of Topliss-reactive ketones (excluding diaryl/α,β-unsaturated/α-hetero) is 1. The third-order valence-corrected chi connectivity index (χ3v) is 3.92. The molecule has 2 aromatic rings. The van der Waals surface area contributed by atoms with Crippen LogP contribution in [0.25, 0.3) is 0 Å². The minimum atomic E-state index is -0.0900. The molecule has 2 aromatic carbocycles. The van der Waals surface area contributed by atoms with Gasteiger partial charge in [-0.25, -0.2) is 0 Å². The SMILES string of the molecule is CC(=O)c1ccc(NC(=O)CCNc2cccc(Cl)c2C)cc1. The summed E-state index contributed by atoms with van der Waals surface area (Å²) in [7, 11) is 0. The van der Waals surface area contributed by atoms with Gasteiger partial charge in [0.2, 0.25) is 5.91 Å². The highest BCUT2D eigenvalue weighted by Gasteiger charge is 2.05. The van der Waals surface area contributed by atoms with Gasteiger partial charge in [-0.2, -0.15) is 0 Å². The third kappa shape index (κ3) is 4.83. The predicted octanol–water partition coefficient (Wildman–Crippen LogP) is 4.29. The lowest BCUT2D eigenvalue weighted by molar-refractivity contribution is -0.115. The normalized spacial score (nSPS) is 10.2. The van der Waals surface area contributed by atoms with Crippen molar-refractivity contribution in [3.8, 4) is 0 Å². The molecule has 120 valence electrons. The zero-order valence-electron chi connectivity index (χ0n) is 13.2. The van der Waals surface area contributed by atoms with Crippen molar-refractivity contribution in [1.82, 2.24) is 0 Å². The lowest BCUT2D eigenvalue weighted by Crippen LogP contribution is -2.16. The number of nitrogens with one attached hydrogen (secondary N) is 2. The molecule has 0 heterocycles. The lowest BCUT2D eigenvalue weighted by Gasteiger charge is -2.11. The summed E-state index contributed by atoms with van der Waals surface area (Å²) in [5.74, 6) is -0.0864. The van der Waals surface area contributed by atoms with Crippen LogP contribution in [-0.2, 0) is 4.79 Å². The third-order valence-electron chi connectivity index (χ3n) is 3.51. The van der Waals surface area contributed by atoms with Gasteiger partial charge in [0.1, 0.15) is 0 Å². The van der Waals surface area contributed by atoms with E-state index in [9.17, 15) is 9.59 Å². The molecule has 0 aliphatic heterocycles. The van der Waals surface area contributed by atoms with Crippen LogP contribution in [-0.4, -0.2) is 18.2 Å². The van der Waals surface area contributed by atoms with E-state index in [1.54, 1.807) is 24.3 Å². The van der Waals surface area contributed by atoms with E-state index >= 15 is 0 Å². The number of carbonyl (C=O) groups is 2. The van der Waals surface area contributed by atoms with Gasteiger partial charge >= 0.3 is 0 Å². The van der Waals surface area contributed by atoms with Crippen LogP contribution in [0.2, 0.25) is 5.02 Å². The number of ketones is 1. The Balaban J connectivity index is 1.83. The molecular formula is C18H19ClN2O2. The van der Waals surface area contributed by atoms with Crippen LogP contribution in [0.1, 0.15) is 29.3 Å². The first-order valence-corrected chi connectivity index (χ1v) is 7.75. The first-order chi connectivity index (χ1) is 11.0. The fourth-order valence-electron chi connectivity index (χ4n) is 2.12. The summed E-state index contributed by atoms with van der Waals surface area (Å²) in [5, 5.41) is 6.71. The highest BCUT2D eigenvalue weighted by Crippen LogP contribution is 2.22. The standard InChI is InChI=1S/C18H19ClN2O2/c1-12-16(19)4-3-5-17(12)20-11-10-18(23)21-15-8-6-14(7-9-15)13(2)22/h3-9,20H,10-11H2,1-2H3,(H,21,23). The Labute approximate surface area is 140 Å². The van der Waals surface area contributed by atoms with Crippen molar-refractivity contribution in [3.63, 3.8) is 0 Å². The second-order valence-corrected chi connectivity index (χ2v) is 5.68. The van der Waals surface area contributed by atoms with Gasteiger partial charge in [-0.05, 0) is 55.8 Å². The molecule has 1 amide bonds. The van der Waals surface area contributed by atoms with Crippen molar-refractivity contribution in [3.05, 3.63) is 58.6 Å². The molecule has 0 saturated carbocycles. The second kappa shape index (κ2) is 7.79. The number of carbonyl (C=O) groups excluding carboxylic acids is 2. The van der Waals surface area contributed by atoms with Gasteiger partial charge < -0.3 is 10.6 Å². The number of benzene rings is 2. The Hall–Kier alpha value is -2.33. The Morgan fingerprint density at radius 3 is 2.43 bits per heavy atom. The lowest BCUT2D eigenvalue weighted by atomic mass is 10.1. The first-order valence-electron chi connectivity index (χ1n) is 7.37. The zero-order chi connectivity index (χ0) is 16.8. The summed E-state index contributed by atoms with van der Waals surface area (Å²) in [5.41, 5.74) is 3.20. The smallest absolute Gasteiger partial charge is 0.226 e. The largest absolute Gasteiger partial charge is 0.384 e. The van der Waals surface area contributed by atoms with Crippen molar-refractivity contribution in [2.75, 3.05) is 17.2 Å². The molecule has 4 nitrogen and oxygen atoms in total. The topological polar surface area (TPSA) is 58.2 Å². The van der Waals surface area contributed by atoms with Gasteiger partial charge in [0, 0.05) is 34.9 Å². The number of hydrogen-bond acceptors (Lipinski definition) is 3. The molecule has 0 aromatic heterocycles. The molecule has 0 spiro atoms. The number of hydrogen-bond donors (Lipinski definition) is 2. The zero-order valence-corrected chi connectivity index (χ0v) is 13.9. The van der Waals surface area contributed by atoms with Gasteiger partial charge in [-0.15, -0.1) is 0 Å². The van der Waals surface area contributed by atoms with E-state index in [1.807, 2.05) is 25.1 Å². The van der Waals surface area contributed by atoms with Crippen LogP contribution in [0, 0.1) is 6.92 Å². The molecule has 23 heavy (non-hydrogen) atoms. The van der Waals surface area contributed by atoms with Gasteiger partial charge in [-0.1, -0.05) is 17.7 Å². The summed E-state index contributed by atoms with van der Waals surface area (Å²) >= 11 is 6.05. The number of amides is 1. The molecule has 0 bridgehead atoms. The summed E-state index contributed by atoms with van der Waals surface area (Å²) in [6.45, 7) is 3.96. The van der Waals surface area contributed by atoms with Crippen molar-refractivity contribution < 1.29 is 9.59 Å². The highest BCUT2D eigenvalue weighted by molar-refractivity contribution is 6.31. The number of rotatable bonds is 6. The molecule has 5 heteroatoms. The van der Waals surface area contributed by atoms with Gasteiger partial charge in [0.05, 0.1) is 0 Å². The van der Waals surface area contributed by atoms with E-state index in [4.69, 9.17) is 11.6 Å². The fraction of sp³-hybridized carbons (Fsp3) is 0.222. The Morgan fingerprint density at radius 2 is 1.78 bits per heavy atom. The Bertz CT molecular complexity index is 711. The van der Waals surface area contributed by atoms with Crippen LogP contribution in [0.5, 0.6) is 0 Å². The second-order valence-electron chi connectivity index (χ2n) is 5.27. The van der Waals surface area contributed by atoms with Crippen LogP contribution < -0.4 is 10.6 Å². The Morgan fingerprint density at radius 1 is 1.09 bits per heavy atom. The maximum Gasteiger partial charge on any atom is 0.226 e. The van der Waals surface area contributed by atoms with Gasteiger partial charge in [-0.3, -0.25) is 9.59 Å². The van der Waals surface area contributed by atoms with E-state index < -0.39 is 0 Å². The van der Waals surface area contributed by atoms with Crippen molar-refractivity contribution in [1.29, 1.82) is 0 Å². The van der Waals surface area contributed by atoms with E-state index in [-0.39, 0.29) is 11.7 Å². The van der Waals surface area contributed by atoms with Gasteiger partial charge in [0.15, 0.2) is 5.78 Å². The maximum absolute atomic E-state index is 11.9. The molecule has 0 aliphatic carbocycles. The molecule has 2 rings (SSSR count). The van der Waals surface area contributed by atoms with Crippen molar-refractivity contribution >= 4 is 34.7 Å². The summed E-state index contributed by atoms with van der Waals surface area (Å²) < 4.78 is 0. The average molecular weight is 331 g/mol. The molecule has 0 saturated heterocycles. The van der Waals surface area contributed by atoms with E-state index in [0.29, 0.717) is 29.2 Å². The number of halogens is 1.